The third-order valence-electron chi connectivity index (χ3n) is 3.16. The van der Waals surface area contributed by atoms with Crippen LogP contribution in [-0.2, 0) is 0 Å². The Morgan fingerprint density at radius 1 is 0.947 bits per heavy atom. The van der Waals surface area contributed by atoms with Crippen molar-refractivity contribution in [2.75, 3.05) is 17.7 Å². The topological polar surface area (TPSA) is 41.1 Å². The maximum Gasteiger partial charge on any atom is 0.257 e. The van der Waals surface area contributed by atoms with Gasteiger partial charge in [0.15, 0.2) is 0 Å². The van der Waals surface area contributed by atoms with Crippen molar-refractivity contribution in [2.45, 2.75) is 13.8 Å². The molecule has 2 N–H and O–H groups in total. The Balaban J connectivity index is 2.31. The Bertz CT molecular complexity index is 585. The van der Waals surface area contributed by atoms with Crippen LogP contribution in [0.5, 0.6) is 0 Å². The van der Waals surface area contributed by atoms with Crippen LogP contribution in [0.15, 0.2) is 42.5 Å². The van der Waals surface area contributed by atoms with E-state index < -0.39 is 0 Å². The molecule has 0 radical (unpaired) electrons. The molecule has 0 aliphatic carbocycles. The molecule has 0 atom stereocenters. The van der Waals surface area contributed by atoms with Crippen molar-refractivity contribution in [2.24, 2.45) is 0 Å². The van der Waals surface area contributed by atoms with Crippen LogP contribution >= 0.6 is 0 Å². The highest BCUT2D eigenvalue weighted by atomic mass is 16.1. The van der Waals surface area contributed by atoms with Gasteiger partial charge >= 0.3 is 0 Å². The van der Waals surface area contributed by atoms with Gasteiger partial charge in [-0.1, -0.05) is 30.3 Å². The summed E-state index contributed by atoms with van der Waals surface area (Å²) >= 11 is 0. The summed E-state index contributed by atoms with van der Waals surface area (Å²) in [6.07, 6.45) is 0. The zero-order valence-electron chi connectivity index (χ0n) is 11.4. The number of rotatable bonds is 3. The van der Waals surface area contributed by atoms with Gasteiger partial charge in [0.2, 0.25) is 0 Å². The summed E-state index contributed by atoms with van der Waals surface area (Å²) < 4.78 is 0. The van der Waals surface area contributed by atoms with Gasteiger partial charge in [0.05, 0.1) is 5.56 Å². The molecule has 3 nitrogen and oxygen atoms in total. The minimum absolute atomic E-state index is 0.0950. The third-order valence-corrected chi connectivity index (χ3v) is 3.16. The normalized spacial score (nSPS) is 10.1. The number of aryl methyl sites for hydroxylation is 2. The minimum atomic E-state index is -0.0950. The first-order valence-corrected chi connectivity index (χ1v) is 6.28. The van der Waals surface area contributed by atoms with E-state index in [4.69, 9.17) is 0 Å². The van der Waals surface area contributed by atoms with E-state index in [9.17, 15) is 4.79 Å². The van der Waals surface area contributed by atoms with E-state index in [-0.39, 0.29) is 5.91 Å². The molecule has 0 saturated heterocycles. The van der Waals surface area contributed by atoms with Crippen LogP contribution < -0.4 is 10.6 Å². The Hall–Kier alpha value is -2.29. The third kappa shape index (κ3) is 2.76. The first kappa shape index (κ1) is 13.1. The summed E-state index contributed by atoms with van der Waals surface area (Å²) in [5.74, 6) is -0.0950. The molecule has 19 heavy (non-hydrogen) atoms. The molecule has 0 aliphatic heterocycles. The van der Waals surface area contributed by atoms with Gasteiger partial charge in [0.1, 0.15) is 0 Å². The Labute approximate surface area is 113 Å². The zero-order chi connectivity index (χ0) is 13.8. The lowest BCUT2D eigenvalue weighted by Crippen LogP contribution is -2.15. The number of amides is 1. The Morgan fingerprint density at radius 2 is 1.58 bits per heavy atom. The van der Waals surface area contributed by atoms with Crippen LogP contribution in [0.1, 0.15) is 21.5 Å². The maximum absolute atomic E-state index is 12.3. The molecule has 0 unspecified atom stereocenters. The summed E-state index contributed by atoms with van der Waals surface area (Å²) in [5.41, 5.74) is 4.49. The standard InChI is InChI=1S/C16H18N2O/c1-11-7-6-8-12(2)15(11)18-16(19)13-9-4-5-10-14(13)17-3/h4-10,17H,1-3H3,(H,18,19). The van der Waals surface area contributed by atoms with Crippen molar-refractivity contribution >= 4 is 17.3 Å². The number of hydrogen-bond donors (Lipinski definition) is 2. The van der Waals surface area contributed by atoms with Crippen molar-refractivity contribution in [1.82, 2.24) is 0 Å². The molecular formula is C16H18N2O. The zero-order valence-corrected chi connectivity index (χ0v) is 11.4. The minimum Gasteiger partial charge on any atom is -0.387 e. The Kier molecular flexibility index (Phi) is 3.85. The van der Waals surface area contributed by atoms with Crippen molar-refractivity contribution in [3.05, 3.63) is 59.2 Å². The Morgan fingerprint density at radius 3 is 2.21 bits per heavy atom. The van der Waals surface area contributed by atoms with E-state index in [1.54, 1.807) is 0 Å². The highest BCUT2D eigenvalue weighted by Crippen LogP contribution is 2.22. The maximum atomic E-state index is 12.3. The second-order valence-electron chi connectivity index (χ2n) is 4.52. The lowest BCUT2D eigenvalue weighted by molar-refractivity contribution is 0.102. The first-order chi connectivity index (χ1) is 9.13. The second-order valence-corrected chi connectivity index (χ2v) is 4.52. The fraction of sp³-hybridized carbons (Fsp3) is 0.188. The number of hydrogen-bond acceptors (Lipinski definition) is 2. The van der Waals surface area contributed by atoms with Gasteiger partial charge < -0.3 is 10.6 Å². The van der Waals surface area contributed by atoms with Gasteiger partial charge in [-0.3, -0.25) is 4.79 Å². The molecule has 0 heterocycles. The van der Waals surface area contributed by atoms with E-state index in [0.717, 1.165) is 22.5 Å². The van der Waals surface area contributed by atoms with Gasteiger partial charge in [0, 0.05) is 18.4 Å². The van der Waals surface area contributed by atoms with E-state index in [2.05, 4.69) is 10.6 Å². The van der Waals surface area contributed by atoms with Gasteiger partial charge in [-0.2, -0.15) is 0 Å². The molecule has 0 fully saturated rings. The molecule has 0 saturated carbocycles. The van der Waals surface area contributed by atoms with Gasteiger partial charge in [0.25, 0.3) is 5.91 Å². The molecular weight excluding hydrogens is 236 g/mol. The number of carbonyl (C=O) groups is 1. The number of anilines is 2. The highest BCUT2D eigenvalue weighted by Gasteiger charge is 2.12. The van der Waals surface area contributed by atoms with Crippen molar-refractivity contribution < 1.29 is 4.79 Å². The molecule has 0 aliphatic rings. The molecule has 0 aromatic heterocycles. The summed E-state index contributed by atoms with van der Waals surface area (Å²) in [4.78, 5) is 12.3. The molecule has 98 valence electrons. The SMILES string of the molecule is CNc1ccccc1C(=O)Nc1c(C)cccc1C. The summed E-state index contributed by atoms with van der Waals surface area (Å²) in [7, 11) is 1.81. The van der Waals surface area contributed by atoms with Crippen LogP contribution in [0.25, 0.3) is 0 Å². The fourth-order valence-corrected chi connectivity index (χ4v) is 2.09. The average molecular weight is 254 g/mol. The second kappa shape index (κ2) is 5.57. The highest BCUT2D eigenvalue weighted by molar-refractivity contribution is 6.08. The number of carbonyl (C=O) groups excluding carboxylic acids is 1. The molecule has 0 spiro atoms. The van der Waals surface area contributed by atoms with Crippen LogP contribution in [0.4, 0.5) is 11.4 Å². The molecule has 2 aromatic carbocycles. The van der Waals surface area contributed by atoms with E-state index in [1.807, 2.05) is 63.4 Å². The van der Waals surface area contributed by atoms with Gasteiger partial charge in [-0.25, -0.2) is 0 Å². The van der Waals surface area contributed by atoms with Crippen LogP contribution in [0.2, 0.25) is 0 Å². The monoisotopic (exact) mass is 254 g/mol. The van der Waals surface area contributed by atoms with Crippen LogP contribution in [-0.4, -0.2) is 13.0 Å². The van der Waals surface area contributed by atoms with Crippen LogP contribution in [0.3, 0.4) is 0 Å². The van der Waals surface area contributed by atoms with Crippen molar-refractivity contribution in [3.63, 3.8) is 0 Å². The predicted octanol–water partition coefficient (Wildman–Crippen LogP) is 3.60. The summed E-state index contributed by atoms with van der Waals surface area (Å²) in [6, 6.07) is 13.4. The number of nitrogens with one attached hydrogen (secondary N) is 2. The first-order valence-electron chi connectivity index (χ1n) is 6.28. The predicted molar refractivity (Wildman–Crippen MR) is 79.9 cm³/mol. The van der Waals surface area contributed by atoms with E-state index >= 15 is 0 Å². The number of benzene rings is 2. The molecule has 1 amide bonds. The lowest BCUT2D eigenvalue weighted by Gasteiger charge is -2.13. The van der Waals surface area contributed by atoms with Gasteiger partial charge in [-0.05, 0) is 37.1 Å². The van der Waals surface area contributed by atoms with Crippen molar-refractivity contribution in [1.29, 1.82) is 0 Å². The molecule has 0 bridgehead atoms. The molecule has 3 heteroatoms. The fourth-order valence-electron chi connectivity index (χ4n) is 2.09. The molecule has 2 rings (SSSR count). The van der Waals surface area contributed by atoms with E-state index in [0.29, 0.717) is 5.56 Å². The van der Waals surface area contributed by atoms with Crippen LogP contribution in [0, 0.1) is 13.8 Å². The largest absolute Gasteiger partial charge is 0.387 e. The molecule has 2 aromatic rings. The van der Waals surface area contributed by atoms with Crippen molar-refractivity contribution in [3.8, 4) is 0 Å². The number of para-hydroxylation sites is 2. The smallest absolute Gasteiger partial charge is 0.257 e. The average Bonchev–Trinajstić information content (AvgIpc) is 2.42. The lowest BCUT2D eigenvalue weighted by atomic mass is 10.1. The summed E-state index contributed by atoms with van der Waals surface area (Å²) in [6.45, 7) is 3.99. The summed E-state index contributed by atoms with van der Waals surface area (Å²) in [5, 5.41) is 6.02. The van der Waals surface area contributed by atoms with E-state index in [1.165, 1.54) is 0 Å². The van der Waals surface area contributed by atoms with Gasteiger partial charge in [-0.15, -0.1) is 0 Å². The quantitative estimate of drug-likeness (QED) is 0.878.